The standard InChI is InChI=1S/C13H21NO/c1-5-14-11(4)12-8-6-7-9-13(12)15-10(2)3/h6-11,14H,5H2,1-4H3. The Kier molecular flexibility index (Phi) is 4.63. The second kappa shape index (κ2) is 5.76. The van der Waals surface area contributed by atoms with Crippen LogP contribution in [0.4, 0.5) is 0 Å². The molecule has 0 bridgehead atoms. The van der Waals surface area contributed by atoms with E-state index in [2.05, 4.69) is 45.1 Å². The van der Waals surface area contributed by atoms with E-state index in [0.717, 1.165) is 12.3 Å². The van der Waals surface area contributed by atoms with E-state index in [0.29, 0.717) is 6.04 Å². The van der Waals surface area contributed by atoms with Crippen LogP contribution in [0, 0.1) is 0 Å². The van der Waals surface area contributed by atoms with Crippen molar-refractivity contribution in [2.45, 2.75) is 39.8 Å². The SMILES string of the molecule is CCNC(C)c1ccccc1OC(C)C. The molecule has 0 spiro atoms. The van der Waals surface area contributed by atoms with E-state index in [-0.39, 0.29) is 6.10 Å². The number of ether oxygens (including phenoxy) is 1. The minimum absolute atomic E-state index is 0.222. The number of nitrogens with one attached hydrogen (secondary N) is 1. The minimum atomic E-state index is 0.222. The maximum absolute atomic E-state index is 5.77. The Morgan fingerprint density at radius 2 is 1.87 bits per heavy atom. The summed E-state index contributed by atoms with van der Waals surface area (Å²) in [5.41, 5.74) is 1.23. The van der Waals surface area contributed by atoms with Gasteiger partial charge >= 0.3 is 0 Å². The third-order valence-electron chi connectivity index (χ3n) is 2.26. The lowest BCUT2D eigenvalue weighted by Gasteiger charge is -2.19. The van der Waals surface area contributed by atoms with Crippen LogP contribution in [0.2, 0.25) is 0 Å². The second-order valence-electron chi connectivity index (χ2n) is 3.98. The van der Waals surface area contributed by atoms with Crippen LogP contribution in [0.25, 0.3) is 0 Å². The third-order valence-corrected chi connectivity index (χ3v) is 2.26. The molecule has 84 valence electrons. The van der Waals surface area contributed by atoms with Crippen molar-refractivity contribution in [3.63, 3.8) is 0 Å². The van der Waals surface area contributed by atoms with Crippen molar-refractivity contribution < 1.29 is 4.74 Å². The van der Waals surface area contributed by atoms with Gasteiger partial charge in [0, 0.05) is 11.6 Å². The molecule has 1 unspecified atom stereocenters. The lowest BCUT2D eigenvalue weighted by Crippen LogP contribution is -2.19. The highest BCUT2D eigenvalue weighted by molar-refractivity contribution is 5.35. The van der Waals surface area contributed by atoms with Crippen LogP contribution in [-0.2, 0) is 0 Å². The lowest BCUT2D eigenvalue weighted by molar-refractivity contribution is 0.238. The van der Waals surface area contributed by atoms with Crippen LogP contribution in [0.3, 0.4) is 0 Å². The summed E-state index contributed by atoms with van der Waals surface area (Å²) >= 11 is 0. The topological polar surface area (TPSA) is 21.3 Å². The summed E-state index contributed by atoms with van der Waals surface area (Å²) in [6.45, 7) is 9.34. The zero-order chi connectivity index (χ0) is 11.3. The molecule has 0 saturated carbocycles. The van der Waals surface area contributed by atoms with E-state index >= 15 is 0 Å². The van der Waals surface area contributed by atoms with E-state index in [9.17, 15) is 0 Å². The van der Waals surface area contributed by atoms with Gasteiger partial charge in [0.25, 0.3) is 0 Å². The van der Waals surface area contributed by atoms with Gasteiger partial charge in [0.05, 0.1) is 6.10 Å². The van der Waals surface area contributed by atoms with Gasteiger partial charge < -0.3 is 10.1 Å². The molecule has 0 amide bonds. The second-order valence-corrected chi connectivity index (χ2v) is 3.98. The van der Waals surface area contributed by atoms with E-state index in [4.69, 9.17) is 4.74 Å². The molecule has 2 nitrogen and oxygen atoms in total. The smallest absolute Gasteiger partial charge is 0.124 e. The molecule has 0 fully saturated rings. The van der Waals surface area contributed by atoms with Gasteiger partial charge in [-0.05, 0) is 33.4 Å². The van der Waals surface area contributed by atoms with Crippen LogP contribution >= 0.6 is 0 Å². The third kappa shape index (κ3) is 3.56. The summed E-state index contributed by atoms with van der Waals surface area (Å²) in [5, 5.41) is 3.40. The van der Waals surface area contributed by atoms with Crippen molar-refractivity contribution in [3.05, 3.63) is 29.8 Å². The fraction of sp³-hybridized carbons (Fsp3) is 0.538. The number of para-hydroxylation sites is 1. The van der Waals surface area contributed by atoms with Gasteiger partial charge in [-0.3, -0.25) is 0 Å². The van der Waals surface area contributed by atoms with Gasteiger partial charge in [-0.15, -0.1) is 0 Å². The molecule has 0 aliphatic carbocycles. The highest BCUT2D eigenvalue weighted by atomic mass is 16.5. The Morgan fingerprint density at radius 1 is 1.20 bits per heavy atom. The van der Waals surface area contributed by atoms with Crippen molar-refractivity contribution in [1.82, 2.24) is 5.32 Å². The average molecular weight is 207 g/mol. The monoisotopic (exact) mass is 207 g/mol. The lowest BCUT2D eigenvalue weighted by atomic mass is 10.1. The quantitative estimate of drug-likeness (QED) is 0.801. The fourth-order valence-corrected chi connectivity index (χ4v) is 1.62. The molecular formula is C13H21NO. The molecule has 2 heteroatoms. The number of hydrogen-bond donors (Lipinski definition) is 1. The maximum Gasteiger partial charge on any atom is 0.124 e. The molecule has 0 aliphatic heterocycles. The summed E-state index contributed by atoms with van der Waals surface area (Å²) in [5.74, 6) is 0.987. The molecular weight excluding hydrogens is 186 g/mol. The van der Waals surface area contributed by atoms with E-state index in [1.54, 1.807) is 0 Å². The first-order chi connectivity index (χ1) is 7.15. The summed E-state index contributed by atoms with van der Waals surface area (Å²) < 4.78 is 5.77. The Morgan fingerprint density at radius 3 is 2.47 bits per heavy atom. The van der Waals surface area contributed by atoms with Crippen LogP contribution in [-0.4, -0.2) is 12.6 Å². The van der Waals surface area contributed by atoms with Gasteiger partial charge in [-0.1, -0.05) is 25.1 Å². The normalized spacial score (nSPS) is 12.9. The van der Waals surface area contributed by atoms with Crippen molar-refractivity contribution >= 4 is 0 Å². The van der Waals surface area contributed by atoms with E-state index in [1.165, 1.54) is 5.56 Å². The first-order valence-corrected chi connectivity index (χ1v) is 5.64. The molecule has 0 radical (unpaired) electrons. The zero-order valence-electron chi connectivity index (χ0n) is 10.1. The highest BCUT2D eigenvalue weighted by Crippen LogP contribution is 2.25. The van der Waals surface area contributed by atoms with E-state index < -0.39 is 0 Å². The minimum Gasteiger partial charge on any atom is -0.491 e. The van der Waals surface area contributed by atoms with Crippen molar-refractivity contribution in [1.29, 1.82) is 0 Å². The Hall–Kier alpha value is -1.02. The van der Waals surface area contributed by atoms with Gasteiger partial charge in [-0.25, -0.2) is 0 Å². The molecule has 0 aliphatic rings. The van der Waals surface area contributed by atoms with Gasteiger partial charge in [-0.2, -0.15) is 0 Å². The Labute approximate surface area is 92.6 Å². The number of benzene rings is 1. The molecule has 0 saturated heterocycles. The molecule has 1 atom stereocenters. The summed E-state index contributed by atoms with van der Waals surface area (Å²) in [6, 6.07) is 8.55. The van der Waals surface area contributed by atoms with Crippen LogP contribution in [0.5, 0.6) is 5.75 Å². The van der Waals surface area contributed by atoms with Crippen LogP contribution < -0.4 is 10.1 Å². The molecule has 1 rings (SSSR count). The molecule has 1 N–H and O–H groups in total. The Bertz CT molecular complexity index is 296. The van der Waals surface area contributed by atoms with Gasteiger partial charge in [0.1, 0.15) is 5.75 Å². The molecule has 15 heavy (non-hydrogen) atoms. The van der Waals surface area contributed by atoms with Gasteiger partial charge in [0.2, 0.25) is 0 Å². The molecule has 1 aromatic carbocycles. The van der Waals surface area contributed by atoms with Crippen molar-refractivity contribution in [2.75, 3.05) is 6.54 Å². The molecule has 0 heterocycles. The van der Waals surface area contributed by atoms with Gasteiger partial charge in [0.15, 0.2) is 0 Å². The first kappa shape index (κ1) is 12.1. The van der Waals surface area contributed by atoms with Crippen molar-refractivity contribution in [3.8, 4) is 5.75 Å². The van der Waals surface area contributed by atoms with Crippen LogP contribution in [0.1, 0.15) is 39.3 Å². The number of rotatable bonds is 5. The predicted molar refractivity (Wildman–Crippen MR) is 64.3 cm³/mol. The first-order valence-electron chi connectivity index (χ1n) is 5.64. The predicted octanol–water partition coefficient (Wildman–Crippen LogP) is 3.14. The summed E-state index contributed by atoms with van der Waals surface area (Å²) in [7, 11) is 0. The summed E-state index contributed by atoms with van der Waals surface area (Å²) in [6.07, 6.45) is 0.222. The van der Waals surface area contributed by atoms with Crippen molar-refractivity contribution in [2.24, 2.45) is 0 Å². The molecule has 1 aromatic rings. The molecule has 0 aromatic heterocycles. The maximum atomic E-state index is 5.77. The highest BCUT2D eigenvalue weighted by Gasteiger charge is 2.10. The van der Waals surface area contributed by atoms with Crippen LogP contribution in [0.15, 0.2) is 24.3 Å². The zero-order valence-corrected chi connectivity index (χ0v) is 10.1. The van der Waals surface area contributed by atoms with E-state index in [1.807, 2.05) is 12.1 Å². The largest absolute Gasteiger partial charge is 0.491 e. The number of hydrogen-bond acceptors (Lipinski definition) is 2. The fourth-order valence-electron chi connectivity index (χ4n) is 1.62. The summed E-state index contributed by atoms with van der Waals surface area (Å²) in [4.78, 5) is 0. The average Bonchev–Trinajstić information content (AvgIpc) is 2.18. The Balaban J connectivity index is 2.85.